The SMILES string of the molecule is CCOC(=O)C=CC(=O)OC(C)C(=O)Nc1sc2c(c1C(=O)OCC)CCC(C)C2. The van der Waals surface area contributed by atoms with Gasteiger partial charge in [-0.05, 0) is 51.5 Å². The zero-order chi connectivity index (χ0) is 22.3. The van der Waals surface area contributed by atoms with E-state index in [-0.39, 0.29) is 13.2 Å². The molecular formula is C21H27NO7S. The van der Waals surface area contributed by atoms with Gasteiger partial charge in [0, 0.05) is 17.0 Å². The van der Waals surface area contributed by atoms with Gasteiger partial charge >= 0.3 is 17.9 Å². The van der Waals surface area contributed by atoms with Gasteiger partial charge in [0.2, 0.25) is 0 Å². The van der Waals surface area contributed by atoms with Crippen LogP contribution in [0.4, 0.5) is 5.00 Å². The molecule has 9 heteroatoms. The van der Waals surface area contributed by atoms with E-state index >= 15 is 0 Å². The lowest BCUT2D eigenvalue weighted by Gasteiger charge is -2.18. The van der Waals surface area contributed by atoms with Gasteiger partial charge in [-0.1, -0.05) is 6.92 Å². The number of anilines is 1. The smallest absolute Gasteiger partial charge is 0.341 e. The lowest BCUT2D eigenvalue weighted by atomic mass is 9.88. The van der Waals surface area contributed by atoms with E-state index in [0.29, 0.717) is 16.5 Å². The van der Waals surface area contributed by atoms with E-state index in [1.54, 1.807) is 13.8 Å². The maximum Gasteiger partial charge on any atom is 0.341 e. The lowest BCUT2D eigenvalue weighted by molar-refractivity contribution is -0.148. The molecule has 8 nitrogen and oxygen atoms in total. The molecule has 0 saturated carbocycles. The molecule has 1 heterocycles. The van der Waals surface area contributed by atoms with Crippen LogP contribution >= 0.6 is 11.3 Å². The molecule has 1 aliphatic rings. The number of hydrogen-bond acceptors (Lipinski definition) is 8. The Morgan fingerprint density at radius 3 is 2.47 bits per heavy atom. The van der Waals surface area contributed by atoms with Crippen LogP contribution < -0.4 is 5.32 Å². The van der Waals surface area contributed by atoms with Crippen LogP contribution in [0.25, 0.3) is 0 Å². The number of carbonyl (C=O) groups excluding carboxylic acids is 4. The number of hydrogen-bond donors (Lipinski definition) is 1. The zero-order valence-electron chi connectivity index (χ0n) is 17.6. The summed E-state index contributed by atoms with van der Waals surface area (Å²) in [6.45, 7) is 7.34. The summed E-state index contributed by atoms with van der Waals surface area (Å²) >= 11 is 1.36. The zero-order valence-corrected chi connectivity index (χ0v) is 18.4. The Morgan fingerprint density at radius 2 is 1.80 bits per heavy atom. The van der Waals surface area contributed by atoms with E-state index in [2.05, 4.69) is 17.0 Å². The Hall–Kier alpha value is -2.68. The summed E-state index contributed by atoms with van der Waals surface area (Å²) in [5, 5.41) is 3.10. The number of amides is 1. The minimum atomic E-state index is -1.13. The monoisotopic (exact) mass is 437 g/mol. The highest BCUT2D eigenvalue weighted by Crippen LogP contribution is 2.40. The Morgan fingerprint density at radius 1 is 1.13 bits per heavy atom. The molecule has 30 heavy (non-hydrogen) atoms. The van der Waals surface area contributed by atoms with Crippen molar-refractivity contribution < 1.29 is 33.4 Å². The fourth-order valence-corrected chi connectivity index (χ4v) is 4.47. The Labute approximate surface area is 179 Å². The van der Waals surface area contributed by atoms with E-state index in [1.165, 1.54) is 18.3 Å². The molecule has 1 aromatic rings. The first kappa shape index (κ1) is 23.6. The second-order valence-corrected chi connectivity index (χ2v) is 8.04. The van der Waals surface area contributed by atoms with Crippen molar-refractivity contribution in [3.8, 4) is 0 Å². The highest BCUT2D eigenvalue weighted by Gasteiger charge is 2.30. The summed E-state index contributed by atoms with van der Waals surface area (Å²) in [6, 6.07) is 0. The quantitative estimate of drug-likeness (QED) is 0.378. The average molecular weight is 438 g/mol. The van der Waals surface area contributed by atoms with Crippen LogP contribution in [0, 0.1) is 5.92 Å². The number of nitrogens with one attached hydrogen (secondary N) is 1. The second-order valence-electron chi connectivity index (χ2n) is 6.93. The van der Waals surface area contributed by atoms with Gasteiger partial charge in [-0.2, -0.15) is 0 Å². The van der Waals surface area contributed by atoms with Gasteiger partial charge in [0.1, 0.15) is 5.00 Å². The van der Waals surface area contributed by atoms with E-state index < -0.39 is 29.9 Å². The van der Waals surface area contributed by atoms with Gasteiger partial charge in [-0.15, -0.1) is 11.3 Å². The van der Waals surface area contributed by atoms with Crippen LogP contribution in [0.1, 0.15) is 54.9 Å². The molecule has 0 aliphatic heterocycles. The van der Waals surface area contributed by atoms with Crippen LogP contribution in [0.3, 0.4) is 0 Å². The molecule has 2 unspecified atom stereocenters. The normalized spacial score (nSPS) is 16.5. The summed E-state index contributed by atoms with van der Waals surface area (Å²) in [7, 11) is 0. The molecule has 0 radical (unpaired) electrons. The van der Waals surface area contributed by atoms with Crippen molar-refractivity contribution in [2.45, 2.75) is 53.1 Å². The van der Waals surface area contributed by atoms with Crippen LogP contribution in [-0.4, -0.2) is 43.1 Å². The van der Waals surface area contributed by atoms with Crippen molar-refractivity contribution in [3.05, 3.63) is 28.2 Å². The average Bonchev–Trinajstić information content (AvgIpc) is 3.03. The summed E-state index contributed by atoms with van der Waals surface area (Å²) in [6.07, 6.45) is 3.26. The maximum absolute atomic E-state index is 12.5. The number of rotatable bonds is 8. The molecule has 2 atom stereocenters. The second kappa shape index (κ2) is 10.9. The van der Waals surface area contributed by atoms with Crippen LogP contribution in [0.2, 0.25) is 0 Å². The van der Waals surface area contributed by atoms with E-state index in [1.807, 2.05) is 0 Å². The lowest BCUT2D eigenvalue weighted by Crippen LogP contribution is -2.29. The minimum Gasteiger partial charge on any atom is -0.463 e. The molecule has 1 amide bonds. The highest BCUT2D eigenvalue weighted by molar-refractivity contribution is 7.17. The van der Waals surface area contributed by atoms with Crippen molar-refractivity contribution in [2.24, 2.45) is 5.92 Å². The number of carbonyl (C=O) groups is 4. The van der Waals surface area contributed by atoms with Gasteiger partial charge < -0.3 is 19.5 Å². The third-order valence-corrected chi connectivity index (χ3v) is 5.70. The van der Waals surface area contributed by atoms with Crippen LogP contribution in [-0.2, 0) is 41.4 Å². The van der Waals surface area contributed by atoms with E-state index in [9.17, 15) is 19.2 Å². The summed E-state index contributed by atoms with van der Waals surface area (Å²) < 4.78 is 14.9. The predicted octanol–water partition coefficient (Wildman–Crippen LogP) is 3.04. The summed E-state index contributed by atoms with van der Waals surface area (Å²) in [5.41, 5.74) is 1.31. The maximum atomic E-state index is 12.5. The largest absolute Gasteiger partial charge is 0.463 e. The number of thiophene rings is 1. The van der Waals surface area contributed by atoms with Crippen molar-refractivity contribution in [3.63, 3.8) is 0 Å². The van der Waals surface area contributed by atoms with Gasteiger partial charge in [0.25, 0.3) is 5.91 Å². The van der Waals surface area contributed by atoms with E-state index in [0.717, 1.165) is 41.9 Å². The Balaban J connectivity index is 2.11. The van der Waals surface area contributed by atoms with Crippen LogP contribution in [0.15, 0.2) is 12.2 Å². The van der Waals surface area contributed by atoms with Gasteiger partial charge in [0.15, 0.2) is 6.10 Å². The molecule has 164 valence electrons. The Bertz CT molecular complexity index is 843. The van der Waals surface area contributed by atoms with Crippen molar-refractivity contribution in [1.82, 2.24) is 0 Å². The first-order valence-electron chi connectivity index (χ1n) is 9.94. The van der Waals surface area contributed by atoms with Gasteiger partial charge in [-0.3, -0.25) is 4.79 Å². The van der Waals surface area contributed by atoms with Crippen LogP contribution in [0.5, 0.6) is 0 Å². The van der Waals surface area contributed by atoms with Crippen molar-refractivity contribution >= 4 is 40.2 Å². The molecule has 0 spiro atoms. The fraction of sp³-hybridized carbons (Fsp3) is 0.524. The van der Waals surface area contributed by atoms with Crippen molar-refractivity contribution in [2.75, 3.05) is 18.5 Å². The molecule has 1 aliphatic carbocycles. The molecule has 2 rings (SSSR count). The molecule has 1 N–H and O–H groups in total. The third-order valence-electron chi connectivity index (χ3n) is 4.53. The Kier molecular flexibility index (Phi) is 8.58. The first-order valence-corrected chi connectivity index (χ1v) is 10.8. The number of esters is 3. The molecule has 1 aromatic heterocycles. The summed E-state index contributed by atoms with van der Waals surface area (Å²) in [5.74, 6) is -2.08. The molecule has 0 saturated heterocycles. The number of fused-ring (bicyclic) bond motifs is 1. The summed E-state index contributed by atoms with van der Waals surface area (Å²) in [4.78, 5) is 49.2. The highest BCUT2D eigenvalue weighted by atomic mass is 32.1. The molecular weight excluding hydrogens is 410 g/mol. The van der Waals surface area contributed by atoms with Gasteiger partial charge in [0.05, 0.1) is 18.8 Å². The predicted molar refractivity (Wildman–Crippen MR) is 111 cm³/mol. The molecule has 0 aromatic carbocycles. The minimum absolute atomic E-state index is 0.184. The number of ether oxygens (including phenoxy) is 3. The first-order chi connectivity index (χ1) is 14.3. The third kappa shape index (κ3) is 6.16. The standard InChI is InChI=1S/C21H27NO7S/c1-5-27-16(23)9-10-17(24)29-13(4)19(25)22-20-18(21(26)28-6-2)14-8-7-12(3)11-15(14)30-20/h9-10,12-13H,5-8,11H2,1-4H3,(H,22,25). The molecule has 0 bridgehead atoms. The van der Waals surface area contributed by atoms with Crippen molar-refractivity contribution in [1.29, 1.82) is 0 Å². The molecule has 0 fully saturated rings. The van der Waals surface area contributed by atoms with E-state index in [4.69, 9.17) is 9.47 Å². The topological polar surface area (TPSA) is 108 Å². The van der Waals surface area contributed by atoms with Gasteiger partial charge in [-0.25, -0.2) is 14.4 Å². The fourth-order valence-electron chi connectivity index (χ4n) is 3.07.